The zero-order valence-electron chi connectivity index (χ0n) is 20.5. The van der Waals surface area contributed by atoms with E-state index in [1.54, 1.807) is 12.1 Å². The SMILES string of the molecule is C=CC(NCC(C)N=C1CCC/C1=C(/C)c1ccc(OC(F)(F)F)cc1)=C1CC1.CC(C)C. The zero-order chi connectivity index (χ0) is 24.6. The number of ether oxygens (including phenoxy) is 1. The second kappa shape index (κ2) is 12.1. The Morgan fingerprint density at radius 1 is 1.09 bits per heavy atom. The van der Waals surface area contributed by atoms with Crippen molar-refractivity contribution < 1.29 is 17.9 Å². The van der Waals surface area contributed by atoms with Crippen molar-refractivity contribution >= 4 is 11.3 Å². The van der Waals surface area contributed by atoms with Crippen molar-refractivity contribution in [1.82, 2.24) is 5.32 Å². The molecule has 182 valence electrons. The van der Waals surface area contributed by atoms with Crippen molar-refractivity contribution in [1.29, 1.82) is 0 Å². The molecule has 0 amide bonds. The van der Waals surface area contributed by atoms with E-state index in [9.17, 15) is 13.2 Å². The summed E-state index contributed by atoms with van der Waals surface area (Å²) in [6.07, 6.45) is 2.41. The van der Waals surface area contributed by atoms with E-state index in [1.807, 2.05) is 13.0 Å². The standard InChI is InChI=1S/C23H27F3N2O.C4H10/c1-4-21(18-8-9-18)27-14-15(2)28-22-7-5-6-20(22)16(3)17-10-12-19(13-11-17)29-23(24,25)26;1-4(2)3/h4,10-13,15,27H,1,5-9,14H2,2-3H3;4H,1-3H3/b20-16+,28-22?;. The number of benzene rings is 1. The van der Waals surface area contributed by atoms with E-state index in [1.165, 1.54) is 23.3 Å². The van der Waals surface area contributed by atoms with Crippen LogP contribution in [0.5, 0.6) is 5.75 Å². The van der Waals surface area contributed by atoms with E-state index in [0.29, 0.717) is 0 Å². The first-order chi connectivity index (χ1) is 15.5. The van der Waals surface area contributed by atoms with Crippen molar-refractivity contribution in [2.75, 3.05) is 6.54 Å². The molecule has 1 atom stereocenters. The molecule has 0 aromatic heterocycles. The molecule has 2 fully saturated rings. The number of aliphatic imine (C=N–C) groups is 1. The lowest BCUT2D eigenvalue weighted by molar-refractivity contribution is -0.274. The molecule has 1 unspecified atom stereocenters. The summed E-state index contributed by atoms with van der Waals surface area (Å²) in [6, 6.07) is 6.17. The van der Waals surface area contributed by atoms with E-state index in [4.69, 9.17) is 4.99 Å². The molecule has 0 heterocycles. The number of hydrogen-bond donors (Lipinski definition) is 1. The van der Waals surface area contributed by atoms with Gasteiger partial charge >= 0.3 is 6.36 Å². The molecule has 2 saturated carbocycles. The highest BCUT2D eigenvalue weighted by Gasteiger charge is 2.31. The van der Waals surface area contributed by atoms with Gasteiger partial charge in [0, 0.05) is 18.0 Å². The van der Waals surface area contributed by atoms with Gasteiger partial charge in [-0.25, -0.2) is 0 Å². The lowest BCUT2D eigenvalue weighted by Crippen LogP contribution is -2.23. The van der Waals surface area contributed by atoms with Gasteiger partial charge in [-0.1, -0.05) is 39.5 Å². The lowest BCUT2D eigenvalue weighted by atomic mass is 9.99. The molecule has 3 nitrogen and oxygen atoms in total. The van der Waals surface area contributed by atoms with Crippen LogP contribution in [0.4, 0.5) is 13.2 Å². The van der Waals surface area contributed by atoms with Gasteiger partial charge < -0.3 is 10.1 Å². The van der Waals surface area contributed by atoms with Gasteiger partial charge in [0.15, 0.2) is 0 Å². The topological polar surface area (TPSA) is 33.6 Å². The summed E-state index contributed by atoms with van der Waals surface area (Å²) in [5.41, 5.74) is 6.82. The average Bonchev–Trinajstić information content (AvgIpc) is 3.45. The van der Waals surface area contributed by atoms with Crippen LogP contribution < -0.4 is 10.1 Å². The summed E-state index contributed by atoms with van der Waals surface area (Å²) < 4.78 is 41.0. The highest BCUT2D eigenvalue weighted by atomic mass is 19.4. The monoisotopic (exact) mass is 462 g/mol. The van der Waals surface area contributed by atoms with E-state index in [-0.39, 0.29) is 11.8 Å². The molecule has 0 radical (unpaired) electrons. The maximum Gasteiger partial charge on any atom is 0.573 e. The van der Waals surface area contributed by atoms with E-state index < -0.39 is 6.36 Å². The fourth-order valence-electron chi connectivity index (χ4n) is 3.60. The molecule has 2 aliphatic rings. The zero-order valence-corrected chi connectivity index (χ0v) is 20.5. The molecule has 1 aromatic rings. The Hall–Kier alpha value is -2.50. The number of nitrogens with zero attached hydrogens (tertiary/aromatic N) is 1. The van der Waals surface area contributed by atoms with Gasteiger partial charge in [0.2, 0.25) is 0 Å². The third kappa shape index (κ3) is 9.48. The van der Waals surface area contributed by atoms with Crippen LogP contribution in [0.1, 0.15) is 72.3 Å². The van der Waals surface area contributed by atoms with Gasteiger partial charge in [0.05, 0.1) is 6.04 Å². The molecule has 0 bridgehead atoms. The van der Waals surface area contributed by atoms with Gasteiger partial charge in [-0.2, -0.15) is 0 Å². The van der Waals surface area contributed by atoms with Gasteiger partial charge in [-0.15, -0.1) is 13.2 Å². The molecule has 1 N–H and O–H groups in total. The Morgan fingerprint density at radius 2 is 1.70 bits per heavy atom. The van der Waals surface area contributed by atoms with Gasteiger partial charge in [-0.3, -0.25) is 4.99 Å². The summed E-state index contributed by atoms with van der Waals surface area (Å²) in [4.78, 5) is 4.92. The maximum atomic E-state index is 12.3. The van der Waals surface area contributed by atoms with Crippen LogP contribution in [0.25, 0.3) is 5.57 Å². The third-order valence-electron chi connectivity index (χ3n) is 5.21. The highest BCUT2D eigenvalue weighted by molar-refractivity contribution is 6.07. The van der Waals surface area contributed by atoms with Crippen molar-refractivity contribution in [3.8, 4) is 5.75 Å². The second-order valence-electron chi connectivity index (χ2n) is 9.29. The molecule has 0 aliphatic heterocycles. The Morgan fingerprint density at radius 3 is 2.21 bits per heavy atom. The Labute approximate surface area is 196 Å². The van der Waals surface area contributed by atoms with Crippen LogP contribution >= 0.6 is 0 Å². The van der Waals surface area contributed by atoms with Crippen molar-refractivity contribution in [2.45, 2.75) is 79.1 Å². The van der Waals surface area contributed by atoms with E-state index in [2.05, 4.69) is 44.3 Å². The summed E-state index contributed by atoms with van der Waals surface area (Å²) in [7, 11) is 0. The molecule has 6 heteroatoms. The summed E-state index contributed by atoms with van der Waals surface area (Å²) in [5, 5.41) is 3.44. The van der Waals surface area contributed by atoms with Crippen molar-refractivity contribution in [3.05, 3.63) is 59.3 Å². The molecular formula is C27H37F3N2O. The maximum absolute atomic E-state index is 12.3. The third-order valence-corrected chi connectivity index (χ3v) is 5.21. The van der Waals surface area contributed by atoms with Crippen LogP contribution in [0.3, 0.4) is 0 Å². The normalized spacial score (nSPS) is 19.1. The van der Waals surface area contributed by atoms with Gasteiger partial charge in [0.1, 0.15) is 5.75 Å². The molecule has 2 aliphatic carbocycles. The molecular weight excluding hydrogens is 425 g/mol. The first-order valence-electron chi connectivity index (χ1n) is 11.7. The summed E-state index contributed by atoms with van der Waals surface area (Å²) in [6.45, 7) is 15.2. The number of nitrogens with one attached hydrogen (secondary N) is 1. The molecule has 0 saturated heterocycles. The van der Waals surface area contributed by atoms with Gasteiger partial charge in [-0.05, 0) is 92.4 Å². The predicted octanol–water partition coefficient (Wildman–Crippen LogP) is 7.86. The van der Waals surface area contributed by atoms with Crippen molar-refractivity contribution in [3.63, 3.8) is 0 Å². The second-order valence-corrected chi connectivity index (χ2v) is 9.29. The Kier molecular flexibility index (Phi) is 9.81. The lowest BCUT2D eigenvalue weighted by Gasteiger charge is -2.14. The minimum Gasteiger partial charge on any atom is -0.406 e. The molecule has 0 spiro atoms. The minimum absolute atomic E-state index is 0.128. The highest BCUT2D eigenvalue weighted by Crippen LogP contribution is 2.32. The van der Waals surface area contributed by atoms with E-state index in [0.717, 1.165) is 67.1 Å². The molecule has 3 rings (SSSR count). The first-order valence-corrected chi connectivity index (χ1v) is 11.7. The average molecular weight is 463 g/mol. The quantitative estimate of drug-likeness (QED) is 0.447. The minimum atomic E-state index is -4.68. The number of rotatable bonds is 7. The number of hydrogen-bond acceptors (Lipinski definition) is 3. The van der Waals surface area contributed by atoms with Crippen molar-refractivity contribution in [2.24, 2.45) is 10.9 Å². The summed E-state index contributed by atoms with van der Waals surface area (Å²) in [5.74, 6) is 0.627. The van der Waals surface area contributed by atoms with Crippen LogP contribution in [-0.4, -0.2) is 24.7 Å². The van der Waals surface area contributed by atoms with Crippen LogP contribution in [0.2, 0.25) is 0 Å². The summed E-state index contributed by atoms with van der Waals surface area (Å²) >= 11 is 0. The Bertz CT molecular complexity index is 884. The fraction of sp³-hybridized carbons (Fsp3) is 0.519. The first kappa shape index (κ1) is 26.7. The molecule has 33 heavy (non-hydrogen) atoms. The fourth-order valence-corrected chi connectivity index (χ4v) is 3.60. The van der Waals surface area contributed by atoms with Crippen LogP contribution in [0, 0.1) is 5.92 Å². The predicted molar refractivity (Wildman–Crippen MR) is 131 cm³/mol. The van der Waals surface area contributed by atoms with Crippen LogP contribution in [0.15, 0.2) is 58.8 Å². The largest absolute Gasteiger partial charge is 0.573 e. The van der Waals surface area contributed by atoms with Gasteiger partial charge in [0.25, 0.3) is 0 Å². The molecule has 1 aromatic carbocycles. The smallest absolute Gasteiger partial charge is 0.406 e. The number of alkyl halides is 3. The van der Waals surface area contributed by atoms with Crippen LogP contribution in [-0.2, 0) is 0 Å². The van der Waals surface area contributed by atoms with E-state index >= 15 is 0 Å². The Balaban J connectivity index is 0.000000890. The number of halogens is 3. The number of allylic oxidation sites excluding steroid dienone is 4.